The number of aromatic carboxylic acids is 2. The number of aromatic hydroxyl groups is 2. The van der Waals surface area contributed by atoms with E-state index in [2.05, 4.69) is 0 Å². The molecule has 200 valence electrons. The molecule has 0 saturated heterocycles. The van der Waals surface area contributed by atoms with Gasteiger partial charge in [0, 0.05) is 0 Å². The van der Waals surface area contributed by atoms with Gasteiger partial charge in [0.1, 0.15) is 11.5 Å². The lowest BCUT2D eigenvalue weighted by atomic mass is 9.90. The zero-order valence-corrected chi connectivity index (χ0v) is 20.9. The van der Waals surface area contributed by atoms with Crippen LogP contribution in [0, 0.1) is 0 Å². The van der Waals surface area contributed by atoms with Crippen molar-refractivity contribution in [1.82, 2.24) is 0 Å². The number of carboxylic acid groups (broad SMARTS) is 2. The zero-order valence-electron chi connectivity index (χ0n) is 20.9. The molecule has 0 amide bonds. The van der Waals surface area contributed by atoms with Gasteiger partial charge in [-0.05, 0) is 79.5 Å². The minimum Gasteiger partial charge on any atom is -0.508 e. The topological polar surface area (TPSA) is 158 Å². The van der Waals surface area contributed by atoms with E-state index in [-0.39, 0.29) is 33.0 Å². The highest BCUT2D eigenvalue weighted by atomic mass is 16.6. The Morgan fingerprint density at radius 3 is 1.15 bits per heavy atom. The molecule has 0 aliphatic heterocycles. The first-order valence-electron chi connectivity index (χ1n) is 12.2. The smallest absolute Gasteiger partial charge is 0.347 e. The predicted octanol–water partition coefficient (Wildman–Crippen LogP) is 6.10. The maximum atomic E-state index is 13.7. The highest BCUT2D eigenvalue weighted by molar-refractivity contribution is 6.28. The Labute approximate surface area is 230 Å². The first-order chi connectivity index (χ1) is 19.7. The third-order valence-corrected chi connectivity index (χ3v) is 7.04. The molecule has 9 heteroatoms. The molecule has 0 radical (unpaired) electrons. The summed E-state index contributed by atoms with van der Waals surface area (Å²) in [6, 6.07) is 20.8. The Morgan fingerprint density at radius 2 is 0.780 bits per heavy atom. The summed E-state index contributed by atoms with van der Waals surface area (Å²) in [7, 11) is 0. The fourth-order valence-electron chi connectivity index (χ4n) is 5.41. The van der Waals surface area contributed by atoms with Crippen molar-refractivity contribution in [3.05, 3.63) is 107 Å². The van der Waals surface area contributed by atoms with E-state index in [4.69, 9.17) is 4.74 Å². The van der Waals surface area contributed by atoms with Crippen LogP contribution in [0.4, 0.5) is 0 Å². The number of rotatable bonds is 4. The third kappa shape index (κ3) is 3.95. The van der Waals surface area contributed by atoms with Crippen LogP contribution in [0.3, 0.4) is 0 Å². The second kappa shape index (κ2) is 9.35. The van der Waals surface area contributed by atoms with E-state index in [0.717, 1.165) is 0 Å². The summed E-state index contributed by atoms with van der Waals surface area (Å²) < 4.78 is 5.26. The van der Waals surface area contributed by atoms with Gasteiger partial charge >= 0.3 is 23.9 Å². The fraction of sp³-hybridized carbons (Fsp3) is 0. The number of carbonyl (C=O) groups is 4. The predicted molar refractivity (Wildman–Crippen MR) is 150 cm³/mol. The Balaban J connectivity index is 1.59. The van der Waals surface area contributed by atoms with Gasteiger partial charge in [-0.25, -0.2) is 19.2 Å². The highest BCUT2D eigenvalue weighted by Crippen LogP contribution is 2.38. The molecule has 0 aromatic heterocycles. The molecule has 0 aliphatic carbocycles. The normalized spacial score (nSPS) is 11.2. The van der Waals surface area contributed by atoms with Crippen LogP contribution in [0.15, 0.2) is 84.9 Å². The molecule has 0 aliphatic rings. The molecular weight excluding hydrogens is 528 g/mol. The van der Waals surface area contributed by atoms with Crippen LogP contribution in [0.5, 0.6) is 11.5 Å². The molecule has 0 fully saturated rings. The molecular formula is C32H18O9. The quantitative estimate of drug-likeness (QED) is 0.116. The molecule has 6 aromatic rings. The summed E-state index contributed by atoms with van der Waals surface area (Å²) in [6.45, 7) is 0. The maximum Gasteiger partial charge on any atom is 0.347 e. The number of esters is 2. The number of hydrogen-bond acceptors (Lipinski definition) is 7. The molecule has 4 N–H and O–H groups in total. The number of carboxylic acids is 2. The second-order valence-corrected chi connectivity index (χ2v) is 9.34. The molecule has 0 heterocycles. The summed E-state index contributed by atoms with van der Waals surface area (Å²) in [6.07, 6.45) is 0. The van der Waals surface area contributed by atoms with Crippen molar-refractivity contribution < 1.29 is 44.3 Å². The summed E-state index contributed by atoms with van der Waals surface area (Å²) in [5.41, 5.74) is -1.67. The van der Waals surface area contributed by atoms with Gasteiger partial charge in [-0.3, -0.25) is 0 Å². The Morgan fingerprint density at radius 1 is 0.439 bits per heavy atom. The monoisotopic (exact) mass is 546 g/mol. The maximum absolute atomic E-state index is 13.7. The summed E-state index contributed by atoms with van der Waals surface area (Å²) in [5, 5.41) is 42.6. The Bertz CT molecular complexity index is 1990. The number of phenols is 2. The highest BCUT2D eigenvalue weighted by Gasteiger charge is 2.31. The van der Waals surface area contributed by atoms with Crippen LogP contribution in [0.25, 0.3) is 43.1 Å². The average molecular weight is 546 g/mol. The van der Waals surface area contributed by atoms with E-state index in [9.17, 15) is 39.6 Å². The number of fused-ring (bicyclic) bond motifs is 6. The van der Waals surface area contributed by atoms with Gasteiger partial charge in [0.05, 0.1) is 22.3 Å². The van der Waals surface area contributed by atoms with Gasteiger partial charge in [0.2, 0.25) is 0 Å². The van der Waals surface area contributed by atoms with E-state index in [1.165, 1.54) is 48.5 Å². The minimum absolute atomic E-state index is 0.109. The lowest BCUT2D eigenvalue weighted by molar-refractivity contribution is 0.0390. The van der Waals surface area contributed by atoms with Crippen molar-refractivity contribution in [3.8, 4) is 11.5 Å². The van der Waals surface area contributed by atoms with E-state index < -0.39 is 46.1 Å². The van der Waals surface area contributed by atoms with E-state index in [0.29, 0.717) is 21.5 Å². The van der Waals surface area contributed by atoms with Crippen LogP contribution in [-0.4, -0.2) is 44.3 Å². The molecule has 9 nitrogen and oxygen atoms in total. The zero-order chi connectivity index (χ0) is 29.0. The van der Waals surface area contributed by atoms with Crippen molar-refractivity contribution in [1.29, 1.82) is 0 Å². The van der Waals surface area contributed by atoms with Crippen molar-refractivity contribution in [2.24, 2.45) is 0 Å². The number of benzene rings is 6. The van der Waals surface area contributed by atoms with Crippen molar-refractivity contribution in [2.75, 3.05) is 0 Å². The first kappa shape index (κ1) is 25.3. The van der Waals surface area contributed by atoms with Crippen molar-refractivity contribution in [2.45, 2.75) is 0 Å². The molecule has 0 atom stereocenters. The molecule has 6 rings (SSSR count). The molecule has 0 saturated carbocycles. The van der Waals surface area contributed by atoms with Crippen LogP contribution in [0.1, 0.15) is 41.4 Å². The number of carbonyl (C=O) groups excluding carboxylic acids is 2. The molecule has 0 unspecified atom stereocenters. The molecule has 0 bridgehead atoms. The van der Waals surface area contributed by atoms with Gasteiger partial charge in [-0.15, -0.1) is 0 Å². The molecule has 41 heavy (non-hydrogen) atoms. The third-order valence-electron chi connectivity index (χ3n) is 7.04. The van der Waals surface area contributed by atoms with Gasteiger partial charge < -0.3 is 25.2 Å². The number of phenolic OH excluding ortho intramolecular Hbond substituents is 2. The molecule has 6 aromatic carbocycles. The fourth-order valence-corrected chi connectivity index (χ4v) is 5.41. The van der Waals surface area contributed by atoms with E-state index in [1.54, 1.807) is 36.4 Å². The summed E-state index contributed by atoms with van der Waals surface area (Å²) in [5.74, 6) is -5.72. The van der Waals surface area contributed by atoms with Crippen molar-refractivity contribution in [3.63, 3.8) is 0 Å². The van der Waals surface area contributed by atoms with Gasteiger partial charge in [0.15, 0.2) is 0 Å². The minimum atomic E-state index is -1.46. The van der Waals surface area contributed by atoms with Gasteiger partial charge in [-0.2, -0.15) is 0 Å². The Kier molecular flexibility index (Phi) is 5.78. The van der Waals surface area contributed by atoms with E-state index in [1.807, 2.05) is 0 Å². The lowest BCUT2D eigenvalue weighted by Crippen LogP contribution is -2.20. The van der Waals surface area contributed by atoms with Gasteiger partial charge in [0.25, 0.3) is 0 Å². The van der Waals surface area contributed by atoms with Crippen LogP contribution >= 0.6 is 0 Å². The summed E-state index contributed by atoms with van der Waals surface area (Å²) in [4.78, 5) is 52.3. The Hall–Kier alpha value is -5.96. The van der Waals surface area contributed by atoms with Crippen LogP contribution in [-0.2, 0) is 4.74 Å². The largest absolute Gasteiger partial charge is 0.508 e. The van der Waals surface area contributed by atoms with E-state index >= 15 is 0 Å². The van der Waals surface area contributed by atoms with Crippen molar-refractivity contribution >= 4 is 67.0 Å². The second-order valence-electron chi connectivity index (χ2n) is 9.34. The standard InChI is InChI=1S/C32H18O9/c33-15-9-11-21-23(13-15)17-5-1-3-7-19(17)27(25(21)29(35)36)31(39)41-32(40)28-20-8-4-2-6-18(20)24-14-16(34)10-12-22(24)26(28)30(37)38/h1-14,33-34H,(H,35,36)(H,37,38). The SMILES string of the molecule is O=C(O)c1c(C(=O)OC(=O)c2c(C(=O)O)c3ccc(O)cc3c3ccccc23)c2ccccc2c2cc(O)ccc12. The number of hydrogen-bond donors (Lipinski definition) is 4. The van der Waals surface area contributed by atoms with Gasteiger partial charge in [-0.1, -0.05) is 48.5 Å². The lowest BCUT2D eigenvalue weighted by Gasteiger charge is -2.16. The average Bonchev–Trinajstić information content (AvgIpc) is 2.95. The van der Waals surface area contributed by atoms with Crippen LogP contribution < -0.4 is 0 Å². The summed E-state index contributed by atoms with van der Waals surface area (Å²) >= 11 is 0. The van der Waals surface area contributed by atoms with Crippen LogP contribution in [0.2, 0.25) is 0 Å². The first-order valence-corrected chi connectivity index (χ1v) is 12.2. The molecule has 0 spiro atoms. The number of ether oxygens (including phenoxy) is 1.